The molecule has 0 amide bonds. The minimum absolute atomic E-state index is 0.0295. The smallest absolute Gasteiger partial charge is 0.303 e. The van der Waals surface area contributed by atoms with Crippen LogP contribution in [0.4, 0.5) is 4.39 Å². The second-order valence-electron chi connectivity index (χ2n) is 4.48. The predicted octanol–water partition coefficient (Wildman–Crippen LogP) is 3.43. The lowest BCUT2D eigenvalue weighted by Crippen LogP contribution is -2.09. The molecule has 88 valence electrons. The summed E-state index contributed by atoms with van der Waals surface area (Å²) in [5.74, 6) is -0.704. The Morgan fingerprint density at radius 2 is 1.88 bits per heavy atom. The van der Waals surface area contributed by atoms with Crippen molar-refractivity contribution in [1.82, 2.24) is 0 Å². The van der Waals surface area contributed by atoms with Gasteiger partial charge < -0.3 is 5.11 Å². The van der Waals surface area contributed by atoms with Crippen LogP contribution in [0.1, 0.15) is 38.2 Å². The van der Waals surface area contributed by atoms with Crippen LogP contribution in [0, 0.1) is 11.7 Å². The first kappa shape index (κ1) is 12.7. The standard InChI is InChI=1S/C13H17FO2/c1-9(2)7-11(8-13(15)16)10-3-5-12(14)6-4-10/h3-6,9,11H,7-8H2,1-2H3,(H,15,16)/t11-/m0/s1. The number of carboxylic acids is 1. The zero-order valence-electron chi connectivity index (χ0n) is 9.61. The molecule has 16 heavy (non-hydrogen) atoms. The maximum absolute atomic E-state index is 12.8. The SMILES string of the molecule is CC(C)C[C@@H](CC(=O)O)c1ccc(F)cc1. The lowest BCUT2D eigenvalue weighted by molar-refractivity contribution is -0.137. The minimum atomic E-state index is -0.810. The highest BCUT2D eigenvalue weighted by Crippen LogP contribution is 2.27. The molecule has 0 spiro atoms. The van der Waals surface area contributed by atoms with E-state index >= 15 is 0 Å². The zero-order valence-corrected chi connectivity index (χ0v) is 9.61. The molecule has 0 fully saturated rings. The summed E-state index contributed by atoms with van der Waals surface area (Å²) in [6.07, 6.45) is 0.905. The highest BCUT2D eigenvalue weighted by Gasteiger charge is 2.16. The molecule has 0 radical (unpaired) electrons. The van der Waals surface area contributed by atoms with Crippen molar-refractivity contribution in [3.8, 4) is 0 Å². The molecular formula is C13H17FO2. The lowest BCUT2D eigenvalue weighted by atomic mass is 9.88. The van der Waals surface area contributed by atoms with Gasteiger partial charge in [-0.2, -0.15) is 0 Å². The van der Waals surface area contributed by atoms with E-state index in [0.29, 0.717) is 5.92 Å². The number of aliphatic carboxylic acids is 1. The maximum atomic E-state index is 12.8. The third-order valence-electron chi connectivity index (χ3n) is 2.52. The molecule has 0 unspecified atom stereocenters. The predicted molar refractivity (Wildman–Crippen MR) is 60.8 cm³/mol. The van der Waals surface area contributed by atoms with Gasteiger partial charge in [0.2, 0.25) is 0 Å². The van der Waals surface area contributed by atoms with Gasteiger partial charge >= 0.3 is 5.97 Å². The topological polar surface area (TPSA) is 37.3 Å². The van der Waals surface area contributed by atoms with Gasteiger partial charge in [-0.15, -0.1) is 0 Å². The summed E-state index contributed by atoms with van der Waals surface area (Å²) in [6.45, 7) is 4.11. The second-order valence-corrected chi connectivity index (χ2v) is 4.48. The largest absolute Gasteiger partial charge is 0.481 e. The number of carboxylic acid groups (broad SMARTS) is 1. The van der Waals surface area contributed by atoms with Crippen molar-refractivity contribution in [3.05, 3.63) is 35.6 Å². The molecule has 1 aromatic carbocycles. The third-order valence-corrected chi connectivity index (χ3v) is 2.52. The number of halogens is 1. The first-order valence-electron chi connectivity index (χ1n) is 5.46. The fourth-order valence-electron chi connectivity index (χ4n) is 1.85. The molecule has 0 aliphatic rings. The third kappa shape index (κ3) is 4.01. The van der Waals surface area contributed by atoms with Crippen LogP contribution < -0.4 is 0 Å². The van der Waals surface area contributed by atoms with Crippen LogP contribution in [0.25, 0.3) is 0 Å². The Kier molecular flexibility index (Phi) is 4.47. The Labute approximate surface area is 95.1 Å². The van der Waals surface area contributed by atoms with E-state index in [1.54, 1.807) is 12.1 Å². The van der Waals surface area contributed by atoms with Crippen molar-refractivity contribution in [3.63, 3.8) is 0 Å². The van der Waals surface area contributed by atoms with Gasteiger partial charge in [0.15, 0.2) is 0 Å². The molecule has 0 saturated carbocycles. The fraction of sp³-hybridized carbons (Fsp3) is 0.462. The summed E-state index contributed by atoms with van der Waals surface area (Å²) in [7, 11) is 0. The monoisotopic (exact) mass is 224 g/mol. The van der Waals surface area contributed by atoms with Crippen LogP contribution >= 0.6 is 0 Å². The van der Waals surface area contributed by atoms with Gasteiger partial charge in [0.05, 0.1) is 6.42 Å². The summed E-state index contributed by atoms with van der Waals surface area (Å²) in [4.78, 5) is 10.8. The van der Waals surface area contributed by atoms with E-state index in [0.717, 1.165) is 12.0 Å². The van der Waals surface area contributed by atoms with Gasteiger partial charge in [-0.1, -0.05) is 26.0 Å². The lowest BCUT2D eigenvalue weighted by Gasteiger charge is -2.17. The molecule has 0 aliphatic heterocycles. The molecule has 2 nitrogen and oxygen atoms in total. The molecule has 1 atom stereocenters. The van der Waals surface area contributed by atoms with Crippen molar-refractivity contribution >= 4 is 5.97 Å². The van der Waals surface area contributed by atoms with Crippen LogP contribution in [-0.2, 0) is 4.79 Å². The van der Waals surface area contributed by atoms with E-state index in [-0.39, 0.29) is 18.2 Å². The summed E-state index contributed by atoms with van der Waals surface area (Å²) >= 11 is 0. The minimum Gasteiger partial charge on any atom is -0.481 e. The molecule has 1 N–H and O–H groups in total. The molecule has 0 aromatic heterocycles. The molecule has 0 aliphatic carbocycles. The Balaban J connectivity index is 2.82. The van der Waals surface area contributed by atoms with Crippen LogP contribution in [0.2, 0.25) is 0 Å². The Morgan fingerprint density at radius 3 is 2.31 bits per heavy atom. The average Bonchev–Trinajstić information content (AvgIpc) is 2.16. The first-order chi connectivity index (χ1) is 7.49. The Morgan fingerprint density at radius 1 is 1.31 bits per heavy atom. The number of hydrogen-bond acceptors (Lipinski definition) is 1. The maximum Gasteiger partial charge on any atom is 0.303 e. The number of hydrogen-bond donors (Lipinski definition) is 1. The number of carbonyl (C=O) groups is 1. The molecule has 0 saturated heterocycles. The van der Waals surface area contributed by atoms with E-state index in [9.17, 15) is 9.18 Å². The fourth-order valence-corrected chi connectivity index (χ4v) is 1.85. The Bertz CT molecular complexity index is 343. The van der Waals surface area contributed by atoms with Crippen LogP contribution in [-0.4, -0.2) is 11.1 Å². The summed E-state index contributed by atoms with van der Waals surface area (Å²) < 4.78 is 12.8. The summed E-state index contributed by atoms with van der Waals surface area (Å²) in [6, 6.07) is 6.10. The van der Waals surface area contributed by atoms with Crippen molar-refractivity contribution < 1.29 is 14.3 Å². The number of rotatable bonds is 5. The van der Waals surface area contributed by atoms with Gasteiger partial charge in [0.1, 0.15) is 5.82 Å². The molecule has 0 bridgehead atoms. The summed E-state index contributed by atoms with van der Waals surface area (Å²) in [5.41, 5.74) is 0.900. The van der Waals surface area contributed by atoms with E-state index in [1.165, 1.54) is 12.1 Å². The molecule has 1 aromatic rings. The van der Waals surface area contributed by atoms with Crippen LogP contribution in [0.15, 0.2) is 24.3 Å². The van der Waals surface area contributed by atoms with Gasteiger partial charge in [0, 0.05) is 0 Å². The molecule has 1 rings (SSSR count). The van der Waals surface area contributed by atoms with Crippen molar-refractivity contribution in [1.29, 1.82) is 0 Å². The van der Waals surface area contributed by atoms with Crippen LogP contribution in [0.3, 0.4) is 0 Å². The van der Waals surface area contributed by atoms with E-state index in [4.69, 9.17) is 5.11 Å². The van der Waals surface area contributed by atoms with E-state index < -0.39 is 5.97 Å². The molecule has 3 heteroatoms. The zero-order chi connectivity index (χ0) is 12.1. The van der Waals surface area contributed by atoms with Crippen molar-refractivity contribution in [2.45, 2.75) is 32.6 Å². The van der Waals surface area contributed by atoms with Gasteiger partial charge in [-0.25, -0.2) is 4.39 Å². The van der Waals surface area contributed by atoms with Crippen molar-refractivity contribution in [2.75, 3.05) is 0 Å². The number of benzene rings is 1. The quantitative estimate of drug-likeness (QED) is 0.832. The first-order valence-corrected chi connectivity index (χ1v) is 5.46. The van der Waals surface area contributed by atoms with Crippen molar-refractivity contribution in [2.24, 2.45) is 5.92 Å². The van der Waals surface area contributed by atoms with Gasteiger partial charge in [0.25, 0.3) is 0 Å². The highest BCUT2D eigenvalue weighted by atomic mass is 19.1. The molecule has 0 heterocycles. The molecular weight excluding hydrogens is 207 g/mol. The van der Waals surface area contributed by atoms with E-state index in [2.05, 4.69) is 13.8 Å². The van der Waals surface area contributed by atoms with Gasteiger partial charge in [-0.3, -0.25) is 4.79 Å². The second kappa shape index (κ2) is 5.64. The normalized spacial score (nSPS) is 12.8. The van der Waals surface area contributed by atoms with E-state index in [1.807, 2.05) is 0 Å². The van der Waals surface area contributed by atoms with Crippen LogP contribution in [0.5, 0.6) is 0 Å². The Hall–Kier alpha value is -1.38. The van der Waals surface area contributed by atoms with Gasteiger partial charge in [-0.05, 0) is 36.0 Å². The highest BCUT2D eigenvalue weighted by molar-refractivity contribution is 5.68. The summed E-state index contributed by atoms with van der Waals surface area (Å²) in [5, 5.41) is 8.84. The average molecular weight is 224 g/mol.